The Labute approximate surface area is 56.0 Å². The van der Waals surface area contributed by atoms with Crippen molar-refractivity contribution in [2.75, 3.05) is 6.61 Å². The summed E-state index contributed by atoms with van der Waals surface area (Å²) in [5.41, 5.74) is 0. The molecule has 0 radical (unpaired) electrons. The van der Waals surface area contributed by atoms with E-state index in [0.717, 1.165) is 0 Å². The number of halogens is 1. The van der Waals surface area contributed by atoms with Crippen LogP contribution in [0, 0.1) is 0 Å². The smallest absolute Gasteiger partial charge is 0.123 e. The summed E-state index contributed by atoms with van der Waals surface area (Å²) in [5, 5.41) is 16.6. The quantitative estimate of drug-likeness (QED) is 0.394. The van der Waals surface area contributed by atoms with Gasteiger partial charge < -0.3 is 10.2 Å². The topological polar surface area (TPSA) is 40.5 Å². The largest absolute Gasteiger partial charge is 0.392 e. The van der Waals surface area contributed by atoms with Crippen molar-refractivity contribution in [3.63, 3.8) is 0 Å². The fourth-order valence-corrected chi connectivity index (χ4v) is 0.467. The number of alkyl halides is 1. The van der Waals surface area contributed by atoms with Crippen LogP contribution >= 0.6 is 22.6 Å². The third kappa shape index (κ3) is 6.39. The van der Waals surface area contributed by atoms with Crippen molar-refractivity contribution < 1.29 is 10.2 Å². The van der Waals surface area contributed by atoms with E-state index >= 15 is 0 Å². The Morgan fingerprint density at radius 2 is 2.29 bits per heavy atom. The van der Waals surface area contributed by atoms with Crippen molar-refractivity contribution >= 4 is 22.6 Å². The van der Waals surface area contributed by atoms with E-state index in [9.17, 15) is 0 Å². The van der Waals surface area contributed by atoms with Gasteiger partial charge in [-0.1, -0.05) is 6.08 Å². The van der Waals surface area contributed by atoms with Crippen LogP contribution in [0.5, 0.6) is 0 Å². The molecule has 0 amide bonds. The summed E-state index contributed by atoms with van der Waals surface area (Å²) in [7, 11) is 0. The van der Waals surface area contributed by atoms with E-state index in [1.165, 1.54) is 12.2 Å². The van der Waals surface area contributed by atoms with Gasteiger partial charge in [0.05, 0.1) is 6.61 Å². The number of rotatable bonds is 2. The molecule has 0 rings (SSSR count). The van der Waals surface area contributed by atoms with Crippen LogP contribution < -0.4 is 0 Å². The summed E-state index contributed by atoms with van der Waals surface area (Å²) >= 11 is 1.82. The van der Waals surface area contributed by atoms with Gasteiger partial charge in [-0.3, -0.25) is 0 Å². The molecule has 0 aromatic heterocycles. The monoisotopic (exact) mass is 214 g/mol. The van der Waals surface area contributed by atoms with Gasteiger partial charge in [-0.25, -0.2) is 0 Å². The Hall–Kier alpha value is 0.390. The maximum absolute atomic E-state index is 8.47. The molecule has 0 saturated carbocycles. The average molecular weight is 214 g/mol. The first-order chi connectivity index (χ1) is 3.27. The van der Waals surface area contributed by atoms with E-state index in [4.69, 9.17) is 10.2 Å². The van der Waals surface area contributed by atoms with E-state index in [1.807, 2.05) is 22.6 Å². The van der Waals surface area contributed by atoms with E-state index in [1.54, 1.807) is 0 Å². The summed E-state index contributed by atoms with van der Waals surface area (Å²) in [6.07, 6.45) is 3.01. The Morgan fingerprint density at radius 3 is 2.43 bits per heavy atom. The van der Waals surface area contributed by atoms with Crippen molar-refractivity contribution in [1.29, 1.82) is 0 Å². The third-order valence-electron chi connectivity index (χ3n) is 0.400. The molecule has 0 saturated heterocycles. The number of hydrogen-bond acceptors (Lipinski definition) is 2. The first-order valence-corrected chi connectivity index (χ1v) is 3.11. The van der Waals surface area contributed by atoms with Crippen molar-refractivity contribution in [2.45, 2.75) is 4.11 Å². The molecular formula is C4H7IO2. The molecule has 2 N–H and O–H groups in total. The predicted octanol–water partition coefficient (Wildman–Crippen LogP) is 0.288. The summed E-state index contributed by atoms with van der Waals surface area (Å²) < 4.78 is -0.468. The van der Waals surface area contributed by atoms with E-state index in [0.29, 0.717) is 0 Å². The normalized spacial score (nSPS) is 15.3. The van der Waals surface area contributed by atoms with Crippen LogP contribution in [0.15, 0.2) is 12.2 Å². The molecule has 0 fully saturated rings. The Bertz CT molecular complexity index is 60.7. The highest BCUT2D eigenvalue weighted by molar-refractivity contribution is 14.1. The minimum atomic E-state index is -0.468. The predicted molar refractivity (Wildman–Crippen MR) is 36.3 cm³/mol. The number of aliphatic hydroxyl groups is 2. The van der Waals surface area contributed by atoms with E-state index in [2.05, 4.69) is 0 Å². The summed E-state index contributed by atoms with van der Waals surface area (Å²) in [6, 6.07) is 0. The van der Waals surface area contributed by atoms with Gasteiger partial charge in [0.1, 0.15) is 4.11 Å². The molecule has 0 aliphatic heterocycles. The molecule has 0 aromatic carbocycles. The molecule has 0 aliphatic carbocycles. The van der Waals surface area contributed by atoms with Crippen molar-refractivity contribution in [3.05, 3.63) is 12.2 Å². The van der Waals surface area contributed by atoms with Gasteiger partial charge in [0.2, 0.25) is 0 Å². The van der Waals surface area contributed by atoms with Crippen LogP contribution in [0.1, 0.15) is 0 Å². The third-order valence-corrected chi connectivity index (χ3v) is 0.816. The van der Waals surface area contributed by atoms with Gasteiger partial charge in [-0.15, -0.1) is 0 Å². The Balaban J connectivity index is 3.08. The zero-order chi connectivity index (χ0) is 5.70. The first-order valence-electron chi connectivity index (χ1n) is 1.87. The highest BCUT2D eigenvalue weighted by Gasteiger charge is 1.82. The van der Waals surface area contributed by atoms with Gasteiger partial charge >= 0.3 is 0 Å². The van der Waals surface area contributed by atoms with Crippen molar-refractivity contribution in [3.8, 4) is 0 Å². The lowest BCUT2D eigenvalue weighted by Gasteiger charge is -1.86. The van der Waals surface area contributed by atoms with E-state index in [-0.39, 0.29) is 6.61 Å². The van der Waals surface area contributed by atoms with Crippen LogP contribution in [0.2, 0.25) is 0 Å². The first kappa shape index (κ1) is 7.39. The lowest BCUT2D eigenvalue weighted by Crippen LogP contribution is -1.86. The van der Waals surface area contributed by atoms with Gasteiger partial charge in [-0.05, 0) is 28.7 Å². The minimum Gasteiger partial charge on any atom is -0.392 e. The molecule has 2 nitrogen and oxygen atoms in total. The minimum absolute atomic E-state index is 0.0000611. The molecule has 7 heavy (non-hydrogen) atoms. The second-order valence-corrected chi connectivity index (χ2v) is 2.26. The fraction of sp³-hybridized carbons (Fsp3) is 0.500. The molecule has 1 atom stereocenters. The second-order valence-electron chi connectivity index (χ2n) is 0.983. The van der Waals surface area contributed by atoms with Crippen LogP contribution in [0.4, 0.5) is 0 Å². The highest BCUT2D eigenvalue weighted by Crippen LogP contribution is 1.94. The molecule has 0 heterocycles. The maximum atomic E-state index is 8.47. The van der Waals surface area contributed by atoms with Crippen LogP contribution in [0.25, 0.3) is 0 Å². The summed E-state index contributed by atoms with van der Waals surface area (Å²) in [6.45, 7) is 0.0000611. The lowest BCUT2D eigenvalue weighted by atomic mass is 10.5. The highest BCUT2D eigenvalue weighted by atomic mass is 127. The van der Waals surface area contributed by atoms with Crippen LogP contribution in [-0.4, -0.2) is 20.9 Å². The molecule has 42 valence electrons. The fourth-order valence-electron chi connectivity index (χ4n) is 0.173. The molecule has 1 unspecified atom stereocenters. The lowest BCUT2D eigenvalue weighted by molar-refractivity contribution is 0.317. The van der Waals surface area contributed by atoms with Crippen LogP contribution in [-0.2, 0) is 0 Å². The summed E-state index contributed by atoms with van der Waals surface area (Å²) in [4.78, 5) is 0. The standard InChI is InChI=1S/C4H7IO2/c5-4(7)2-1-3-6/h1-2,4,6-7H,3H2/b2-1-. The van der Waals surface area contributed by atoms with Gasteiger partial charge in [0.25, 0.3) is 0 Å². The second kappa shape index (κ2) is 4.55. The Kier molecular flexibility index (Phi) is 4.80. The summed E-state index contributed by atoms with van der Waals surface area (Å²) in [5.74, 6) is 0. The van der Waals surface area contributed by atoms with Gasteiger partial charge in [-0.2, -0.15) is 0 Å². The molecule has 0 aliphatic rings. The van der Waals surface area contributed by atoms with Gasteiger partial charge in [0.15, 0.2) is 0 Å². The van der Waals surface area contributed by atoms with Gasteiger partial charge in [0, 0.05) is 0 Å². The number of hydrogen-bond donors (Lipinski definition) is 2. The van der Waals surface area contributed by atoms with Crippen molar-refractivity contribution in [1.82, 2.24) is 0 Å². The molecule has 0 spiro atoms. The maximum Gasteiger partial charge on any atom is 0.123 e. The van der Waals surface area contributed by atoms with Crippen molar-refractivity contribution in [2.24, 2.45) is 0 Å². The molecule has 0 bridgehead atoms. The number of aliphatic hydroxyl groups excluding tert-OH is 2. The SMILES string of the molecule is OC/C=C\C(O)I. The van der Waals surface area contributed by atoms with Crippen LogP contribution in [0.3, 0.4) is 0 Å². The molecular weight excluding hydrogens is 207 g/mol. The Morgan fingerprint density at radius 1 is 1.71 bits per heavy atom. The zero-order valence-electron chi connectivity index (χ0n) is 3.71. The average Bonchev–Trinajstić information content (AvgIpc) is 1.61. The molecule has 0 aromatic rings. The molecule has 3 heteroatoms. The van der Waals surface area contributed by atoms with E-state index < -0.39 is 4.11 Å². The zero-order valence-corrected chi connectivity index (χ0v) is 5.87.